The molecule has 0 bridgehead atoms. The van der Waals surface area contributed by atoms with E-state index in [-0.39, 0.29) is 5.91 Å². The van der Waals surface area contributed by atoms with Crippen molar-refractivity contribution in [2.75, 3.05) is 10.6 Å². The number of nitrogens with zero attached hydrogens (tertiary/aromatic N) is 1. The number of anilines is 2. The monoisotopic (exact) mass is 309 g/mol. The SMILES string of the molecule is CCc1ccc(NC(=O)c2cc(NC3CCCC3)ccn2)cc1. The van der Waals surface area contributed by atoms with E-state index in [9.17, 15) is 4.79 Å². The highest BCUT2D eigenvalue weighted by Gasteiger charge is 2.15. The molecule has 0 saturated heterocycles. The molecule has 0 unspecified atom stereocenters. The highest BCUT2D eigenvalue weighted by atomic mass is 16.1. The fraction of sp³-hybridized carbons (Fsp3) is 0.368. The zero-order valence-corrected chi connectivity index (χ0v) is 13.5. The minimum Gasteiger partial charge on any atom is -0.382 e. The molecule has 0 radical (unpaired) electrons. The first-order chi connectivity index (χ1) is 11.2. The average molecular weight is 309 g/mol. The van der Waals surface area contributed by atoms with E-state index < -0.39 is 0 Å². The molecule has 2 aromatic rings. The van der Waals surface area contributed by atoms with Gasteiger partial charge in [0.05, 0.1) is 0 Å². The van der Waals surface area contributed by atoms with Crippen molar-refractivity contribution in [3.8, 4) is 0 Å². The number of hydrogen-bond acceptors (Lipinski definition) is 3. The highest BCUT2D eigenvalue weighted by molar-refractivity contribution is 6.03. The van der Waals surface area contributed by atoms with Crippen LogP contribution in [0.5, 0.6) is 0 Å². The Morgan fingerprint density at radius 3 is 2.57 bits per heavy atom. The fourth-order valence-electron chi connectivity index (χ4n) is 2.97. The van der Waals surface area contributed by atoms with E-state index in [2.05, 4.69) is 22.5 Å². The Morgan fingerprint density at radius 1 is 1.13 bits per heavy atom. The number of pyridine rings is 1. The first-order valence-electron chi connectivity index (χ1n) is 8.37. The highest BCUT2D eigenvalue weighted by Crippen LogP contribution is 2.22. The van der Waals surface area contributed by atoms with Crippen LogP contribution >= 0.6 is 0 Å². The van der Waals surface area contributed by atoms with Gasteiger partial charge in [0.1, 0.15) is 5.69 Å². The van der Waals surface area contributed by atoms with Gasteiger partial charge >= 0.3 is 0 Å². The molecule has 1 aliphatic rings. The van der Waals surface area contributed by atoms with E-state index in [1.165, 1.54) is 31.2 Å². The summed E-state index contributed by atoms with van der Waals surface area (Å²) in [5.41, 5.74) is 3.46. The standard InChI is InChI=1S/C19H23N3O/c1-2-14-7-9-16(10-8-14)22-19(23)18-13-17(11-12-20-18)21-15-5-3-4-6-15/h7-13,15H,2-6H2,1H3,(H,20,21)(H,22,23). The summed E-state index contributed by atoms with van der Waals surface area (Å²) in [6.45, 7) is 2.11. The minimum atomic E-state index is -0.177. The van der Waals surface area contributed by atoms with Crippen LogP contribution in [0.4, 0.5) is 11.4 Å². The van der Waals surface area contributed by atoms with E-state index in [1.54, 1.807) is 6.20 Å². The predicted molar refractivity (Wildman–Crippen MR) is 93.9 cm³/mol. The molecule has 1 fully saturated rings. The van der Waals surface area contributed by atoms with Crippen molar-refractivity contribution in [3.63, 3.8) is 0 Å². The molecule has 1 aromatic carbocycles. The maximum atomic E-state index is 12.4. The Kier molecular flexibility index (Phi) is 4.91. The Bertz CT molecular complexity index is 661. The third kappa shape index (κ3) is 4.09. The lowest BCUT2D eigenvalue weighted by atomic mass is 10.1. The van der Waals surface area contributed by atoms with Gasteiger partial charge in [-0.25, -0.2) is 0 Å². The molecule has 0 atom stereocenters. The smallest absolute Gasteiger partial charge is 0.274 e. The van der Waals surface area contributed by atoms with Crippen molar-refractivity contribution >= 4 is 17.3 Å². The van der Waals surface area contributed by atoms with Gasteiger partial charge in [0, 0.05) is 23.6 Å². The number of carbonyl (C=O) groups is 1. The molecule has 2 N–H and O–H groups in total. The van der Waals surface area contributed by atoms with Crippen molar-refractivity contribution in [1.82, 2.24) is 4.98 Å². The summed E-state index contributed by atoms with van der Waals surface area (Å²) >= 11 is 0. The topological polar surface area (TPSA) is 54.0 Å². The number of nitrogens with one attached hydrogen (secondary N) is 2. The number of carbonyl (C=O) groups excluding carboxylic acids is 1. The summed E-state index contributed by atoms with van der Waals surface area (Å²) in [7, 11) is 0. The molecule has 4 heteroatoms. The molecular weight excluding hydrogens is 286 g/mol. The summed E-state index contributed by atoms with van der Waals surface area (Å²) in [5.74, 6) is -0.177. The van der Waals surface area contributed by atoms with Crippen molar-refractivity contribution in [2.45, 2.75) is 45.1 Å². The summed E-state index contributed by atoms with van der Waals surface area (Å²) in [5, 5.41) is 6.40. The Labute approximate surface area is 137 Å². The van der Waals surface area contributed by atoms with Crippen LogP contribution in [-0.2, 0) is 6.42 Å². The molecule has 3 rings (SSSR count). The average Bonchev–Trinajstić information content (AvgIpc) is 3.09. The van der Waals surface area contributed by atoms with Gasteiger partial charge in [-0.1, -0.05) is 31.9 Å². The van der Waals surface area contributed by atoms with Crippen LogP contribution in [0.2, 0.25) is 0 Å². The van der Waals surface area contributed by atoms with E-state index in [4.69, 9.17) is 0 Å². The zero-order chi connectivity index (χ0) is 16.1. The number of aromatic nitrogens is 1. The molecule has 0 spiro atoms. The molecule has 4 nitrogen and oxygen atoms in total. The van der Waals surface area contributed by atoms with Crippen LogP contribution in [0.25, 0.3) is 0 Å². The molecular formula is C19H23N3O. The second-order valence-corrected chi connectivity index (χ2v) is 6.06. The van der Waals surface area contributed by atoms with Gasteiger partial charge in [0.2, 0.25) is 0 Å². The van der Waals surface area contributed by atoms with Gasteiger partial charge in [0.25, 0.3) is 5.91 Å². The van der Waals surface area contributed by atoms with Crippen LogP contribution in [0.15, 0.2) is 42.6 Å². The number of rotatable bonds is 5. The molecule has 120 valence electrons. The normalized spacial score (nSPS) is 14.7. The van der Waals surface area contributed by atoms with Crippen LogP contribution in [0.1, 0.15) is 48.7 Å². The largest absolute Gasteiger partial charge is 0.382 e. The van der Waals surface area contributed by atoms with Gasteiger partial charge in [0.15, 0.2) is 0 Å². The Morgan fingerprint density at radius 2 is 1.87 bits per heavy atom. The molecule has 1 amide bonds. The third-order valence-corrected chi connectivity index (χ3v) is 4.34. The predicted octanol–water partition coefficient (Wildman–Crippen LogP) is 4.25. The van der Waals surface area contributed by atoms with Gasteiger partial charge in [-0.2, -0.15) is 0 Å². The van der Waals surface area contributed by atoms with Gasteiger partial charge in [-0.3, -0.25) is 9.78 Å². The zero-order valence-electron chi connectivity index (χ0n) is 13.5. The Hall–Kier alpha value is -2.36. The lowest BCUT2D eigenvalue weighted by molar-refractivity contribution is 0.102. The van der Waals surface area contributed by atoms with E-state index >= 15 is 0 Å². The van der Waals surface area contributed by atoms with Crippen LogP contribution < -0.4 is 10.6 Å². The maximum absolute atomic E-state index is 12.4. The van der Waals surface area contributed by atoms with Crippen LogP contribution in [-0.4, -0.2) is 16.9 Å². The van der Waals surface area contributed by atoms with E-state index in [0.717, 1.165) is 17.8 Å². The molecule has 1 aromatic heterocycles. The molecule has 23 heavy (non-hydrogen) atoms. The summed E-state index contributed by atoms with van der Waals surface area (Å²) in [6.07, 6.45) is 7.64. The van der Waals surface area contributed by atoms with Crippen LogP contribution in [0, 0.1) is 0 Å². The maximum Gasteiger partial charge on any atom is 0.274 e. The lowest BCUT2D eigenvalue weighted by Crippen LogP contribution is -2.17. The minimum absolute atomic E-state index is 0.177. The fourth-order valence-corrected chi connectivity index (χ4v) is 2.97. The third-order valence-electron chi connectivity index (χ3n) is 4.34. The molecule has 1 heterocycles. The van der Waals surface area contributed by atoms with Crippen molar-refractivity contribution < 1.29 is 4.79 Å². The molecule has 0 aliphatic heterocycles. The number of benzene rings is 1. The van der Waals surface area contributed by atoms with Crippen LogP contribution in [0.3, 0.4) is 0 Å². The van der Waals surface area contributed by atoms with Crippen molar-refractivity contribution in [1.29, 1.82) is 0 Å². The second kappa shape index (κ2) is 7.27. The van der Waals surface area contributed by atoms with E-state index in [1.807, 2.05) is 36.4 Å². The van der Waals surface area contributed by atoms with Gasteiger partial charge in [-0.05, 0) is 49.1 Å². The molecule has 1 aliphatic carbocycles. The Balaban J connectivity index is 1.66. The number of amides is 1. The summed E-state index contributed by atoms with van der Waals surface area (Å²) < 4.78 is 0. The molecule has 1 saturated carbocycles. The van der Waals surface area contributed by atoms with Gasteiger partial charge < -0.3 is 10.6 Å². The first kappa shape index (κ1) is 15.5. The number of hydrogen-bond donors (Lipinski definition) is 2. The van der Waals surface area contributed by atoms with E-state index in [0.29, 0.717) is 11.7 Å². The quantitative estimate of drug-likeness (QED) is 0.868. The van der Waals surface area contributed by atoms with Gasteiger partial charge in [-0.15, -0.1) is 0 Å². The number of aryl methyl sites for hydroxylation is 1. The van der Waals surface area contributed by atoms with Crippen molar-refractivity contribution in [3.05, 3.63) is 53.9 Å². The lowest BCUT2D eigenvalue weighted by Gasteiger charge is -2.14. The summed E-state index contributed by atoms with van der Waals surface area (Å²) in [6, 6.07) is 12.2. The van der Waals surface area contributed by atoms with Crippen molar-refractivity contribution in [2.24, 2.45) is 0 Å². The first-order valence-corrected chi connectivity index (χ1v) is 8.37. The second-order valence-electron chi connectivity index (χ2n) is 6.06. The summed E-state index contributed by atoms with van der Waals surface area (Å²) in [4.78, 5) is 16.5.